The molecule has 3 aromatic carbocycles. The number of benzene rings is 3. The topological polar surface area (TPSA) is 58.2 Å². The molecule has 0 bridgehead atoms. The summed E-state index contributed by atoms with van der Waals surface area (Å²) in [6.07, 6.45) is 0.0440. The molecule has 0 unspecified atom stereocenters. The molecule has 0 saturated heterocycles. The first-order valence-electron chi connectivity index (χ1n) is 8.71. The largest absolute Gasteiger partial charge is 0.273 e. The van der Waals surface area contributed by atoms with Gasteiger partial charge in [-0.15, -0.1) is 11.8 Å². The summed E-state index contributed by atoms with van der Waals surface area (Å²) in [6.45, 7) is 0. The van der Waals surface area contributed by atoms with E-state index in [4.69, 9.17) is 0 Å². The average molecular weight is 394 g/mol. The number of carbonyl (C=O) groups is 2. The van der Waals surface area contributed by atoms with E-state index in [-0.39, 0.29) is 24.1 Å². The predicted octanol–water partition coefficient (Wildman–Crippen LogP) is 4.05. The van der Waals surface area contributed by atoms with Crippen LogP contribution < -0.4 is 10.9 Å². The third-order valence-corrected chi connectivity index (χ3v) is 5.21. The first-order valence-corrected chi connectivity index (χ1v) is 9.59. The van der Waals surface area contributed by atoms with E-state index in [1.165, 1.54) is 36.0 Å². The Hall–Kier alpha value is -3.12. The van der Waals surface area contributed by atoms with Crippen LogP contribution in [-0.4, -0.2) is 11.8 Å². The number of hydrogen-bond donors (Lipinski definition) is 2. The molecule has 1 atom stereocenters. The van der Waals surface area contributed by atoms with Gasteiger partial charge in [0.15, 0.2) is 0 Å². The molecular weight excluding hydrogens is 375 g/mol. The van der Waals surface area contributed by atoms with Gasteiger partial charge in [-0.3, -0.25) is 20.4 Å². The molecule has 28 heavy (non-hydrogen) atoms. The third-order valence-electron chi connectivity index (χ3n) is 3.94. The fraction of sp³-hybridized carbons (Fsp3) is 0.0909. The van der Waals surface area contributed by atoms with Gasteiger partial charge in [-0.1, -0.05) is 60.7 Å². The summed E-state index contributed by atoms with van der Waals surface area (Å²) < 4.78 is 12.9. The van der Waals surface area contributed by atoms with Crippen molar-refractivity contribution in [3.05, 3.63) is 102 Å². The van der Waals surface area contributed by atoms with Crippen LogP contribution in [-0.2, 0) is 16.0 Å². The van der Waals surface area contributed by atoms with Crippen LogP contribution in [0.5, 0.6) is 0 Å². The van der Waals surface area contributed by atoms with Crippen LogP contribution in [0.25, 0.3) is 0 Å². The van der Waals surface area contributed by atoms with E-state index in [1.807, 2.05) is 60.7 Å². The number of nitrogens with one attached hydrogen (secondary N) is 2. The molecule has 3 aromatic rings. The van der Waals surface area contributed by atoms with Crippen LogP contribution in [0, 0.1) is 5.82 Å². The minimum Gasteiger partial charge on any atom is -0.273 e. The number of rotatable bonds is 6. The van der Waals surface area contributed by atoms with Gasteiger partial charge in [0.1, 0.15) is 11.1 Å². The lowest BCUT2D eigenvalue weighted by Crippen LogP contribution is -2.44. The fourth-order valence-electron chi connectivity index (χ4n) is 2.56. The lowest BCUT2D eigenvalue weighted by Gasteiger charge is -2.17. The fourth-order valence-corrected chi connectivity index (χ4v) is 3.61. The Morgan fingerprint density at radius 2 is 1.43 bits per heavy atom. The molecule has 2 N–H and O–H groups in total. The quantitative estimate of drug-likeness (QED) is 0.490. The molecule has 4 nitrogen and oxygen atoms in total. The Labute approximate surface area is 167 Å². The smallest absolute Gasteiger partial charge is 0.256 e. The molecule has 6 heteroatoms. The van der Waals surface area contributed by atoms with Gasteiger partial charge in [0.25, 0.3) is 5.91 Å². The zero-order valence-corrected chi connectivity index (χ0v) is 15.8. The van der Waals surface area contributed by atoms with E-state index in [9.17, 15) is 14.0 Å². The van der Waals surface area contributed by atoms with E-state index >= 15 is 0 Å². The van der Waals surface area contributed by atoms with Crippen LogP contribution in [0.1, 0.15) is 16.4 Å². The Morgan fingerprint density at radius 1 is 0.821 bits per heavy atom. The molecule has 0 heterocycles. The molecule has 0 fully saturated rings. The van der Waals surface area contributed by atoms with Crippen LogP contribution in [0.2, 0.25) is 0 Å². The van der Waals surface area contributed by atoms with Gasteiger partial charge >= 0.3 is 0 Å². The van der Waals surface area contributed by atoms with Gasteiger partial charge < -0.3 is 0 Å². The molecule has 3 rings (SSSR count). The Kier molecular flexibility index (Phi) is 6.81. The van der Waals surface area contributed by atoms with Crippen LogP contribution in [0.3, 0.4) is 0 Å². The van der Waals surface area contributed by atoms with E-state index in [2.05, 4.69) is 10.9 Å². The van der Waals surface area contributed by atoms with E-state index in [1.54, 1.807) is 0 Å². The van der Waals surface area contributed by atoms with Gasteiger partial charge in [0.05, 0.1) is 6.42 Å². The second kappa shape index (κ2) is 9.71. The number of carbonyl (C=O) groups excluding carboxylic acids is 2. The predicted molar refractivity (Wildman–Crippen MR) is 108 cm³/mol. The van der Waals surface area contributed by atoms with E-state index in [0.29, 0.717) is 5.56 Å². The highest BCUT2D eigenvalue weighted by atomic mass is 32.2. The lowest BCUT2D eigenvalue weighted by atomic mass is 10.1. The van der Waals surface area contributed by atoms with Crippen molar-refractivity contribution in [3.8, 4) is 0 Å². The highest BCUT2D eigenvalue weighted by Crippen LogP contribution is 2.35. The zero-order chi connectivity index (χ0) is 19.8. The molecular formula is C22H19FN2O2S. The van der Waals surface area contributed by atoms with Crippen molar-refractivity contribution in [2.75, 3.05) is 0 Å². The summed E-state index contributed by atoms with van der Waals surface area (Å²) in [7, 11) is 0. The van der Waals surface area contributed by atoms with Crippen molar-refractivity contribution in [2.45, 2.75) is 16.6 Å². The van der Waals surface area contributed by atoms with Crippen LogP contribution >= 0.6 is 11.8 Å². The van der Waals surface area contributed by atoms with Crippen LogP contribution in [0.4, 0.5) is 4.39 Å². The second-order valence-electron chi connectivity index (χ2n) is 6.06. The van der Waals surface area contributed by atoms with Crippen molar-refractivity contribution >= 4 is 23.6 Å². The van der Waals surface area contributed by atoms with E-state index in [0.717, 1.165) is 10.5 Å². The zero-order valence-electron chi connectivity index (χ0n) is 15.0. The standard InChI is InChI=1S/C22H19FN2O2S/c23-18-13-11-16(12-14-18)15-20(26)24-25-22(27)21(17-7-3-1-4-8-17)28-19-9-5-2-6-10-19/h1-14,21H,15H2,(H,24,26)(H,25,27)/t21-/m0/s1. The molecule has 0 radical (unpaired) electrons. The molecule has 142 valence electrons. The molecule has 0 spiro atoms. The maximum atomic E-state index is 12.9. The third kappa shape index (κ3) is 5.69. The Morgan fingerprint density at radius 3 is 2.07 bits per heavy atom. The first kappa shape index (κ1) is 19.6. The summed E-state index contributed by atoms with van der Waals surface area (Å²) in [4.78, 5) is 25.8. The van der Waals surface area contributed by atoms with Crippen molar-refractivity contribution in [1.29, 1.82) is 0 Å². The molecule has 0 aliphatic rings. The molecule has 0 aliphatic heterocycles. The number of halogens is 1. The lowest BCUT2D eigenvalue weighted by molar-refractivity contribution is -0.128. The number of hydrogen-bond acceptors (Lipinski definition) is 3. The molecule has 2 amide bonds. The summed E-state index contributed by atoms with van der Waals surface area (Å²) in [5, 5.41) is -0.519. The average Bonchev–Trinajstić information content (AvgIpc) is 2.73. The van der Waals surface area contributed by atoms with Gasteiger partial charge in [-0.2, -0.15) is 0 Å². The molecule has 0 aromatic heterocycles. The highest BCUT2D eigenvalue weighted by Gasteiger charge is 2.22. The van der Waals surface area contributed by atoms with Crippen molar-refractivity contribution in [1.82, 2.24) is 10.9 Å². The first-order chi connectivity index (χ1) is 13.6. The SMILES string of the molecule is O=C(Cc1ccc(F)cc1)NNC(=O)[C@@H](Sc1ccccc1)c1ccccc1. The maximum Gasteiger partial charge on any atom is 0.256 e. The molecule has 0 saturated carbocycles. The Balaban J connectivity index is 1.64. The highest BCUT2D eigenvalue weighted by molar-refractivity contribution is 8.00. The van der Waals surface area contributed by atoms with E-state index < -0.39 is 5.25 Å². The monoisotopic (exact) mass is 394 g/mol. The number of amides is 2. The van der Waals surface area contributed by atoms with Crippen molar-refractivity contribution in [3.63, 3.8) is 0 Å². The second-order valence-corrected chi connectivity index (χ2v) is 7.24. The summed E-state index contributed by atoms with van der Waals surface area (Å²) in [5.74, 6) is -1.06. The normalized spacial score (nSPS) is 11.5. The van der Waals surface area contributed by atoms with Gasteiger partial charge in [-0.05, 0) is 35.4 Å². The van der Waals surface area contributed by atoms with Crippen molar-refractivity contribution in [2.24, 2.45) is 0 Å². The minimum atomic E-state index is -0.519. The van der Waals surface area contributed by atoms with Gasteiger partial charge in [-0.25, -0.2) is 4.39 Å². The van der Waals surface area contributed by atoms with Gasteiger partial charge in [0, 0.05) is 4.90 Å². The van der Waals surface area contributed by atoms with Gasteiger partial charge in [0.2, 0.25) is 5.91 Å². The Bertz CT molecular complexity index is 918. The van der Waals surface area contributed by atoms with Crippen LogP contribution in [0.15, 0.2) is 89.8 Å². The summed E-state index contributed by atoms with van der Waals surface area (Å²) in [5.41, 5.74) is 6.43. The van der Waals surface area contributed by atoms with Crippen molar-refractivity contribution < 1.29 is 14.0 Å². The molecule has 0 aliphatic carbocycles. The maximum absolute atomic E-state index is 12.9. The minimum absolute atomic E-state index is 0.0440. The summed E-state index contributed by atoms with van der Waals surface area (Å²) in [6, 6.07) is 24.6. The number of thioether (sulfide) groups is 1. The summed E-state index contributed by atoms with van der Waals surface area (Å²) >= 11 is 1.40. The number of hydrazine groups is 1.